The van der Waals surface area contributed by atoms with Crippen molar-refractivity contribution in [2.45, 2.75) is 44.5 Å². The van der Waals surface area contributed by atoms with Crippen molar-refractivity contribution in [3.8, 4) is 0 Å². The van der Waals surface area contributed by atoms with Gasteiger partial charge in [0.1, 0.15) is 6.04 Å². The van der Waals surface area contributed by atoms with Crippen LogP contribution in [0, 0.1) is 5.41 Å². The highest BCUT2D eigenvalue weighted by molar-refractivity contribution is 7.99. The van der Waals surface area contributed by atoms with E-state index in [2.05, 4.69) is 0 Å². The zero-order valence-electron chi connectivity index (χ0n) is 9.73. The number of primary amides is 1. The molecule has 0 aromatic heterocycles. The second-order valence-electron chi connectivity index (χ2n) is 5.23. The lowest BCUT2D eigenvalue weighted by atomic mass is 9.84. The molecule has 2 saturated heterocycles. The lowest BCUT2D eigenvalue weighted by molar-refractivity contribution is -0.139. The first kappa shape index (κ1) is 11.8. The highest BCUT2D eigenvalue weighted by atomic mass is 32.2. The van der Waals surface area contributed by atoms with Crippen LogP contribution in [0.2, 0.25) is 0 Å². The topological polar surface area (TPSA) is 63.4 Å². The quantitative estimate of drug-likeness (QED) is 0.744. The first-order valence-corrected chi connectivity index (χ1v) is 6.70. The molecule has 2 rings (SSSR count). The van der Waals surface area contributed by atoms with Gasteiger partial charge in [0.05, 0.1) is 5.37 Å². The third-order valence-electron chi connectivity index (χ3n) is 3.43. The minimum Gasteiger partial charge on any atom is -0.368 e. The Hall–Kier alpha value is -0.710. The lowest BCUT2D eigenvalue weighted by Crippen LogP contribution is -2.50. The molecule has 4 nitrogen and oxygen atoms in total. The summed E-state index contributed by atoms with van der Waals surface area (Å²) >= 11 is 1.78. The average molecular weight is 242 g/mol. The molecule has 0 radical (unpaired) electrons. The second-order valence-corrected chi connectivity index (χ2v) is 6.51. The molecule has 2 N–H and O–H groups in total. The van der Waals surface area contributed by atoms with E-state index in [0.29, 0.717) is 6.42 Å². The molecule has 0 aliphatic carbocycles. The number of rotatable bonds is 1. The van der Waals surface area contributed by atoms with Gasteiger partial charge in [0.25, 0.3) is 0 Å². The number of hydrogen-bond donors (Lipinski definition) is 1. The summed E-state index contributed by atoms with van der Waals surface area (Å²) in [4.78, 5) is 25.3. The zero-order chi connectivity index (χ0) is 11.9. The van der Waals surface area contributed by atoms with E-state index in [1.54, 1.807) is 16.7 Å². The van der Waals surface area contributed by atoms with Crippen LogP contribution < -0.4 is 5.73 Å². The molecule has 5 heteroatoms. The number of amides is 2. The molecule has 0 spiro atoms. The Labute approximate surface area is 99.9 Å². The van der Waals surface area contributed by atoms with Crippen molar-refractivity contribution in [3.05, 3.63) is 0 Å². The number of nitrogens with zero attached hydrogens (tertiary/aromatic N) is 1. The van der Waals surface area contributed by atoms with E-state index >= 15 is 0 Å². The van der Waals surface area contributed by atoms with E-state index in [9.17, 15) is 9.59 Å². The van der Waals surface area contributed by atoms with Crippen molar-refractivity contribution >= 4 is 23.6 Å². The standard InChI is InChI=1S/C11H18N2O2S/c1-11(2)6-8-13(9(11)10(12)15)7(14)4-3-5-16-8/h8-9H,3-6H2,1-2H3,(H2,12,15). The molecule has 0 saturated carbocycles. The Morgan fingerprint density at radius 2 is 2.25 bits per heavy atom. The van der Waals surface area contributed by atoms with Gasteiger partial charge in [-0.15, -0.1) is 11.8 Å². The number of thioether (sulfide) groups is 1. The molecule has 2 fully saturated rings. The first-order valence-electron chi connectivity index (χ1n) is 5.65. The van der Waals surface area contributed by atoms with Crippen LogP contribution in [0.25, 0.3) is 0 Å². The Balaban J connectivity index is 2.33. The minimum absolute atomic E-state index is 0.0874. The monoisotopic (exact) mass is 242 g/mol. The number of fused-ring (bicyclic) bond motifs is 1. The first-order chi connectivity index (χ1) is 7.43. The fraction of sp³-hybridized carbons (Fsp3) is 0.818. The molecular formula is C11H18N2O2S. The second kappa shape index (κ2) is 3.95. The maximum absolute atomic E-state index is 12.0. The van der Waals surface area contributed by atoms with E-state index in [1.165, 1.54) is 0 Å². The van der Waals surface area contributed by atoms with Gasteiger partial charge < -0.3 is 10.6 Å². The van der Waals surface area contributed by atoms with Crippen LogP contribution in [0.15, 0.2) is 0 Å². The van der Waals surface area contributed by atoms with E-state index in [1.807, 2.05) is 13.8 Å². The fourth-order valence-corrected chi connectivity index (χ4v) is 4.27. The Kier molecular flexibility index (Phi) is 2.90. The summed E-state index contributed by atoms with van der Waals surface area (Å²) in [6.07, 6.45) is 2.31. The number of carbonyl (C=O) groups excluding carboxylic acids is 2. The minimum atomic E-state index is -0.435. The molecule has 16 heavy (non-hydrogen) atoms. The number of hydrogen-bond acceptors (Lipinski definition) is 3. The van der Waals surface area contributed by atoms with E-state index < -0.39 is 6.04 Å². The molecule has 2 aliphatic heterocycles. The Morgan fingerprint density at radius 3 is 2.88 bits per heavy atom. The highest BCUT2D eigenvalue weighted by Gasteiger charge is 2.51. The van der Waals surface area contributed by atoms with Crippen molar-refractivity contribution in [3.63, 3.8) is 0 Å². The van der Waals surface area contributed by atoms with E-state index in [4.69, 9.17) is 5.73 Å². The molecule has 2 heterocycles. The normalized spacial score (nSPS) is 33.4. The molecule has 2 atom stereocenters. The molecule has 2 aliphatic rings. The smallest absolute Gasteiger partial charge is 0.240 e. The van der Waals surface area contributed by atoms with Gasteiger partial charge in [0.15, 0.2) is 0 Å². The van der Waals surface area contributed by atoms with Crippen molar-refractivity contribution in [2.24, 2.45) is 11.1 Å². The van der Waals surface area contributed by atoms with Crippen molar-refractivity contribution in [1.29, 1.82) is 0 Å². The zero-order valence-corrected chi connectivity index (χ0v) is 10.5. The molecule has 2 unspecified atom stereocenters. The largest absolute Gasteiger partial charge is 0.368 e. The van der Waals surface area contributed by atoms with Crippen LogP contribution in [0.1, 0.15) is 33.1 Å². The Morgan fingerprint density at radius 1 is 1.56 bits per heavy atom. The van der Waals surface area contributed by atoms with Crippen LogP contribution in [-0.4, -0.2) is 33.9 Å². The molecule has 0 aromatic rings. The van der Waals surface area contributed by atoms with Gasteiger partial charge in [-0.3, -0.25) is 9.59 Å². The van der Waals surface area contributed by atoms with Gasteiger partial charge in [0, 0.05) is 6.42 Å². The van der Waals surface area contributed by atoms with Crippen LogP contribution in [0.4, 0.5) is 0 Å². The molecule has 0 aromatic carbocycles. The average Bonchev–Trinajstić information content (AvgIpc) is 2.32. The highest BCUT2D eigenvalue weighted by Crippen LogP contribution is 2.45. The molecule has 2 amide bonds. The van der Waals surface area contributed by atoms with Crippen molar-refractivity contribution in [2.75, 3.05) is 5.75 Å². The van der Waals surface area contributed by atoms with Gasteiger partial charge in [0.2, 0.25) is 11.8 Å². The van der Waals surface area contributed by atoms with Crippen LogP contribution in [0.3, 0.4) is 0 Å². The fourth-order valence-electron chi connectivity index (χ4n) is 2.74. The summed E-state index contributed by atoms with van der Waals surface area (Å²) in [7, 11) is 0. The maximum Gasteiger partial charge on any atom is 0.240 e. The lowest BCUT2D eigenvalue weighted by Gasteiger charge is -2.30. The van der Waals surface area contributed by atoms with Gasteiger partial charge in [-0.2, -0.15) is 0 Å². The SMILES string of the molecule is CC1(C)CC2SCCCC(=O)N2C1C(N)=O. The van der Waals surface area contributed by atoms with Gasteiger partial charge in [-0.1, -0.05) is 13.8 Å². The third kappa shape index (κ3) is 1.81. The summed E-state index contributed by atoms with van der Waals surface area (Å²) < 4.78 is 0. The third-order valence-corrected chi connectivity index (χ3v) is 4.74. The summed E-state index contributed by atoms with van der Waals surface area (Å²) in [5.74, 6) is 0.710. The molecule has 0 bridgehead atoms. The summed E-state index contributed by atoms with van der Waals surface area (Å²) in [6.45, 7) is 4.04. The predicted molar refractivity (Wildman–Crippen MR) is 63.7 cm³/mol. The van der Waals surface area contributed by atoms with E-state index in [0.717, 1.165) is 18.6 Å². The van der Waals surface area contributed by atoms with Crippen LogP contribution in [0.5, 0.6) is 0 Å². The number of nitrogens with two attached hydrogens (primary N) is 1. The number of carbonyl (C=O) groups is 2. The molecular weight excluding hydrogens is 224 g/mol. The van der Waals surface area contributed by atoms with Crippen LogP contribution >= 0.6 is 11.8 Å². The van der Waals surface area contributed by atoms with Gasteiger partial charge >= 0.3 is 0 Å². The van der Waals surface area contributed by atoms with Crippen LogP contribution in [-0.2, 0) is 9.59 Å². The summed E-state index contributed by atoms with van der Waals surface area (Å²) in [5.41, 5.74) is 5.25. The Bertz CT molecular complexity index is 330. The van der Waals surface area contributed by atoms with Gasteiger partial charge in [-0.25, -0.2) is 0 Å². The predicted octanol–water partition coefficient (Wildman–Crippen LogP) is 0.952. The van der Waals surface area contributed by atoms with Crippen molar-refractivity contribution in [1.82, 2.24) is 4.90 Å². The van der Waals surface area contributed by atoms with E-state index in [-0.39, 0.29) is 22.6 Å². The maximum atomic E-state index is 12.0. The summed E-state index contributed by atoms with van der Waals surface area (Å²) in [6, 6.07) is -0.435. The van der Waals surface area contributed by atoms with Gasteiger partial charge in [-0.05, 0) is 24.0 Å². The van der Waals surface area contributed by atoms with Crippen molar-refractivity contribution < 1.29 is 9.59 Å². The molecule has 90 valence electrons. The summed E-state index contributed by atoms with van der Waals surface area (Å²) in [5, 5.41) is 0.141.